The molecule has 3 N–H and O–H groups in total. The normalized spacial score (nSPS) is 23.4. The largest absolute Gasteiger partial charge is 0.465 e. The number of fused-ring (bicyclic) bond motifs is 1. The monoisotopic (exact) mass is 444 g/mol. The number of ether oxygens (including phenoxy) is 1. The molecule has 2 aliphatic rings. The van der Waals surface area contributed by atoms with Crippen molar-refractivity contribution in [2.24, 2.45) is 0 Å². The van der Waals surface area contributed by atoms with Gasteiger partial charge in [0.1, 0.15) is 0 Å². The minimum absolute atomic E-state index is 0.107. The van der Waals surface area contributed by atoms with Crippen LogP contribution in [0.5, 0.6) is 0 Å². The van der Waals surface area contributed by atoms with Gasteiger partial charge >= 0.3 is 6.09 Å². The molecule has 32 heavy (non-hydrogen) atoms. The van der Waals surface area contributed by atoms with E-state index in [-0.39, 0.29) is 30.6 Å². The first-order valence-corrected chi connectivity index (χ1v) is 11.4. The Balaban J connectivity index is 1.46. The number of benzene rings is 1. The van der Waals surface area contributed by atoms with E-state index in [2.05, 4.69) is 10.4 Å². The van der Waals surface area contributed by atoms with Crippen molar-refractivity contribution in [1.82, 2.24) is 20.0 Å². The van der Waals surface area contributed by atoms with E-state index in [0.29, 0.717) is 51.0 Å². The second-order valence-corrected chi connectivity index (χ2v) is 9.28. The van der Waals surface area contributed by atoms with Crippen molar-refractivity contribution in [1.29, 1.82) is 0 Å². The Kier molecular flexibility index (Phi) is 6.39. The summed E-state index contributed by atoms with van der Waals surface area (Å²) < 4.78 is 7.17. The van der Waals surface area contributed by atoms with Crippen LogP contribution in [0.1, 0.15) is 62.5 Å². The van der Waals surface area contributed by atoms with E-state index >= 15 is 0 Å². The van der Waals surface area contributed by atoms with Crippen LogP contribution in [0.25, 0.3) is 10.9 Å². The third kappa shape index (κ3) is 4.59. The molecule has 2 saturated heterocycles. The number of carbonyl (C=O) groups excluding carboxylic acids is 1. The molecule has 0 aliphatic carbocycles. The number of nitrogens with zero attached hydrogens (tertiary/aromatic N) is 3. The summed E-state index contributed by atoms with van der Waals surface area (Å²) in [4.78, 5) is 26.4. The number of aliphatic hydroxyl groups is 1. The van der Waals surface area contributed by atoms with Crippen LogP contribution in [0.3, 0.4) is 0 Å². The summed E-state index contributed by atoms with van der Waals surface area (Å²) in [5.74, 6) is -0.294. The Morgan fingerprint density at radius 2 is 1.97 bits per heavy atom. The first kappa shape index (κ1) is 22.5. The van der Waals surface area contributed by atoms with Gasteiger partial charge in [0.05, 0.1) is 11.1 Å². The zero-order valence-electron chi connectivity index (χ0n) is 18.7. The minimum atomic E-state index is -1.03. The van der Waals surface area contributed by atoms with E-state index in [9.17, 15) is 19.8 Å². The third-order valence-electron chi connectivity index (χ3n) is 6.64. The van der Waals surface area contributed by atoms with Crippen LogP contribution in [-0.2, 0) is 4.74 Å². The topological polar surface area (TPSA) is 117 Å². The fourth-order valence-electron chi connectivity index (χ4n) is 4.89. The van der Waals surface area contributed by atoms with Gasteiger partial charge < -0.3 is 25.2 Å². The van der Waals surface area contributed by atoms with Crippen molar-refractivity contribution < 1.29 is 24.5 Å². The van der Waals surface area contributed by atoms with Gasteiger partial charge in [0, 0.05) is 43.3 Å². The van der Waals surface area contributed by atoms with Crippen molar-refractivity contribution in [3.8, 4) is 0 Å². The SMILES string of the molecule is CC(C)n1nc(C(=O)N[C@@H]2CC[C@H](CC3(O)CCOCC3)N(C(=O)O)C2)c2ccccc21. The fourth-order valence-corrected chi connectivity index (χ4v) is 4.89. The van der Waals surface area contributed by atoms with Gasteiger partial charge in [-0.3, -0.25) is 9.48 Å². The highest BCUT2D eigenvalue weighted by Crippen LogP contribution is 2.31. The second-order valence-electron chi connectivity index (χ2n) is 9.28. The molecule has 2 amide bonds. The van der Waals surface area contributed by atoms with Crippen LogP contribution in [0.4, 0.5) is 4.79 Å². The maximum absolute atomic E-state index is 13.1. The Hall–Kier alpha value is -2.65. The molecule has 4 rings (SSSR count). The van der Waals surface area contributed by atoms with Crippen molar-refractivity contribution in [2.75, 3.05) is 19.8 Å². The Morgan fingerprint density at radius 1 is 1.25 bits per heavy atom. The van der Waals surface area contributed by atoms with Crippen LogP contribution in [0, 0.1) is 0 Å². The average Bonchev–Trinajstić information content (AvgIpc) is 3.15. The van der Waals surface area contributed by atoms with Gasteiger partial charge in [-0.25, -0.2) is 4.79 Å². The zero-order chi connectivity index (χ0) is 22.9. The smallest absolute Gasteiger partial charge is 0.407 e. The van der Waals surface area contributed by atoms with Crippen LogP contribution >= 0.6 is 0 Å². The van der Waals surface area contributed by atoms with E-state index in [1.54, 1.807) is 0 Å². The van der Waals surface area contributed by atoms with Gasteiger partial charge in [-0.1, -0.05) is 18.2 Å². The molecule has 0 radical (unpaired) electrons. The van der Waals surface area contributed by atoms with Gasteiger partial charge in [-0.15, -0.1) is 0 Å². The predicted octanol–water partition coefficient (Wildman–Crippen LogP) is 2.79. The van der Waals surface area contributed by atoms with Crippen molar-refractivity contribution >= 4 is 22.9 Å². The lowest BCUT2D eigenvalue weighted by Crippen LogP contribution is -2.56. The van der Waals surface area contributed by atoms with Crippen molar-refractivity contribution in [2.45, 2.75) is 69.7 Å². The van der Waals surface area contributed by atoms with E-state index in [4.69, 9.17) is 4.74 Å². The number of likely N-dealkylation sites (tertiary alicyclic amines) is 1. The number of piperidine rings is 1. The molecule has 174 valence electrons. The molecular weight excluding hydrogens is 412 g/mol. The van der Waals surface area contributed by atoms with Crippen molar-refractivity contribution in [3.63, 3.8) is 0 Å². The van der Waals surface area contributed by atoms with Gasteiger partial charge in [0.25, 0.3) is 5.91 Å². The molecule has 0 saturated carbocycles. The molecule has 0 unspecified atom stereocenters. The highest BCUT2D eigenvalue weighted by atomic mass is 16.5. The highest BCUT2D eigenvalue weighted by Gasteiger charge is 2.39. The number of carbonyl (C=O) groups is 2. The maximum Gasteiger partial charge on any atom is 0.407 e. The second kappa shape index (κ2) is 9.07. The quantitative estimate of drug-likeness (QED) is 0.653. The lowest BCUT2D eigenvalue weighted by molar-refractivity contribution is -0.0821. The number of aromatic nitrogens is 2. The summed E-state index contributed by atoms with van der Waals surface area (Å²) in [6, 6.07) is 7.15. The van der Waals surface area contributed by atoms with Crippen LogP contribution in [-0.4, -0.2) is 74.3 Å². The summed E-state index contributed by atoms with van der Waals surface area (Å²) in [5.41, 5.74) is 0.359. The van der Waals surface area contributed by atoms with Crippen LogP contribution < -0.4 is 5.32 Å². The fraction of sp³-hybridized carbons (Fsp3) is 0.609. The molecule has 1 aromatic carbocycles. The standard InChI is InChI=1S/C23H32N4O5/c1-15(2)27-19-6-4-3-5-18(19)20(25-27)21(28)24-16-7-8-17(26(14-16)22(29)30)13-23(31)9-11-32-12-10-23/h3-6,15-17,31H,7-14H2,1-2H3,(H,24,28)(H,29,30)/t16-,17-/m1/s1. The lowest BCUT2D eigenvalue weighted by Gasteiger charge is -2.42. The third-order valence-corrected chi connectivity index (χ3v) is 6.64. The number of rotatable bonds is 5. The van der Waals surface area contributed by atoms with E-state index < -0.39 is 11.7 Å². The number of amides is 2. The molecule has 2 atom stereocenters. The number of para-hydroxylation sites is 1. The highest BCUT2D eigenvalue weighted by molar-refractivity contribution is 6.05. The Morgan fingerprint density at radius 3 is 2.66 bits per heavy atom. The molecule has 2 aliphatic heterocycles. The lowest BCUT2D eigenvalue weighted by atomic mass is 9.83. The first-order chi connectivity index (χ1) is 15.3. The summed E-state index contributed by atoms with van der Waals surface area (Å²) in [6.45, 7) is 5.21. The Labute approximate surface area is 187 Å². The van der Waals surface area contributed by atoms with E-state index in [1.165, 1.54) is 4.90 Å². The van der Waals surface area contributed by atoms with Gasteiger partial charge in [-0.05, 0) is 52.0 Å². The number of nitrogens with one attached hydrogen (secondary N) is 1. The minimum Gasteiger partial charge on any atom is -0.465 e. The van der Waals surface area contributed by atoms with Gasteiger partial charge in [-0.2, -0.15) is 5.10 Å². The molecule has 2 fully saturated rings. The predicted molar refractivity (Wildman–Crippen MR) is 119 cm³/mol. The first-order valence-electron chi connectivity index (χ1n) is 11.4. The molecule has 9 nitrogen and oxygen atoms in total. The van der Waals surface area contributed by atoms with Gasteiger partial charge in [0.2, 0.25) is 0 Å². The van der Waals surface area contributed by atoms with Crippen LogP contribution in [0.2, 0.25) is 0 Å². The molecule has 3 heterocycles. The zero-order valence-corrected chi connectivity index (χ0v) is 18.7. The van der Waals surface area contributed by atoms with E-state index in [1.807, 2.05) is 42.8 Å². The molecule has 2 aromatic rings. The average molecular weight is 445 g/mol. The number of hydrogen-bond acceptors (Lipinski definition) is 5. The summed E-state index contributed by atoms with van der Waals surface area (Å²) >= 11 is 0. The summed E-state index contributed by atoms with van der Waals surface area (Å²) in [5, 5.41) is 29.0. The maximum atomic E-state index is 13.1. The molecular formula is C23H32N4O5. The molecule has 9 heteroatoms. The Bertz CT molecular complexity index is 982. The van der Waals surface area contributed by atoms with E-state index in [0.717, 1.165) is 10.9 Å². The van der Waals surface area contributed by atoms with Crippen LogP contribution in [0.15, 0.2) is 24.3 Å². The molecule has 0 bridgehead atoms. The number of carboxylic acid groups (broad SMARTS) is 1. The van der Waals surface area contributed by atoms with Crippen molar-refractivity contribution in [3.05, 3.63) is 30.0 Å². The molecule has 1 aromatic heterocycles. The summed E-state index contributed by atoms with van der Waals surface area (Å²) in [7, 11) is 0. The summed E-state index contributed by atoms with van der Waals surface area (Å²) in [6.07, 6.45) is 1.63. The van der Waals surface area contributed by atoms with Gasteiger partial charge in [0.15, 0.2) is 5.69 Å². The molecule has 0 spiro atoms. The number of hydrogen-bond donors (Lipinski definition) is 3.